The maximum atomic E-state index is 12.0. The first-order valence-corrected chi connectivity index (χ1v) is 7.85. The fourth-order valence-corrected chi connectivity index (χ4v) is 2.60. The molecule has 1 aromatic heterocycles. The molecule has 0 radical (unpaired) electrons. The molecular formula is C18H20N4O3. The molecule has 1 unspecified atom stereocenters. The van der Waals surface area contributed by atoms with E-state index in [-0.39, 0.29) is 0 Å². The Kier molecular flexibility index (Phi) is 4.54. The normalized spacial score (nSPS) is 13.6. The standard InChI is InChI=1S/C18H20N4O3/c1-12-3-2-4-15(7-12)22-16-8-14(6-5-13(16)10-20-22)21-17(24)9-18(19,25)11-23/h2-8,10,23,25H,9,11,19H2,1H3,(H,21,24). The van der Waals surface area contributed by atoms with Crippen LogP contribution >= 0.6 is 0 Å². The van der Waals surface area contributed by atoms with Gasteiger partial charge in [0.2, 0.25) is 5.91 Å². The molecule has 7 nitrogen and oxygen atoms in total. The van der Waals surface area contributed by atoms with Gasteiger partial charge in [-0.25, -0.2) is 4.68 Å². The van der Waals surface area contributed by atoms with Crippen molar-refractivity contribution < 1.29 is 15.0 Å². The number of aliphatic hydroxyl groups is 2. The quantitative estimate of drug-likeness (QED) is 0.523. The average molecular weight is 340 g/mol. The highest BCUT2D eigenvalue weighted by molar-refractivity contribution is 5.94. The number of hydrogen-bond acceptors (Lipinski definition) is 5. The Morgan fingerprint density at radius 1 is 1.32 bits per heavy atom. The van der Waals surface area contributed by atoms with Gasteiger partial charge in [-0.05, 0) is 42.8 Å². The van der Waals surface area contributed by atoms with Crippen LogP contribution in [0.3, 0.4) is 0 Å². The second kappa shape index (κ2) is 6.64. The monoisotopic (exact) mass is 340 g/mol. The van der Waals surface area contributed by atoms with E-state index in [1.165, 1.54) is 0 Å². The van der Waals surface area contributed by atoms with Crippen molar-refractivity contribution in [2.75, 3.05) is 11.9 Å². The number of amides is 1. The lowest BCUT2D eigenvalue weighted by atomic mass is 10.1. The molecule has 7 heteroatoms. The largest absolute Gasteiger partial charge is 0.392 e. The van der Waals surface area contributed by atoms with Crippen molar-refractivity contribution in [3.8, 4) is 5.69 Å². The SMILES string of the molecule is Cc1cccc(-n2ncc3ccc(NC(=O)CC(N)(O)CO)cc32)c1. The van der Waals surface area contributed by atoms with Crippen molar-refractivity contribution >= 4 is 22.5 Å². The number of anilines is 1. The van der Waals surface area contributed by atoms with Crippen molar-refractivity contribution in [2.45, 2.75) is 19.1 Å². The molecule has 0 spiro atoms. The minimum Gasteiger partial charge on any atom is -0.392 e. The molecule has 0 saturated carbocycles. The number of aromatic nitrogens is 2. The van der Waals surface area contributed by atoms with Gasteiger partial charge in [-0.2, -0.15) is 5.10 Å². The van der Waals surface area contributed by atoms with Crippen LogP contribution in [0.15, 0.2) is 48.7 Å². The van der Waals surface area contributed by atoms with E-state index < -0.39 is 24.7 Å². The van der Waals surface area contributed by atoms with Gasteiger partial charge in [0.15, 0.2) is 0 Å². The maximum absolute atomic E-state index is 12.0. The van der Waals surface area contributed by atoms with Crippen LogP contribution in [-0.2, 0) is 4.79 Å². The van der Waals surface area contributed by atoms with Crippen LogP contribution in [0.2, 0.25) is 0 Å². The number of hydrogen-bond donors (Lipinski definition) is 4. The summed E-state index contributed by atoms with van der Waals surface area (Å²) < 4.78 is 1.80. The summed E-state index contributed by atoms with van der Waals surface area (Å²) in [7, 11) is 0. The molecule has 3 aromatic rings. The third-order valence-corrected chi connectivity index (χ3v) is 3.84. The molecule has 0 saturated heterocycles. The van der Waals surface area contributed by atoms with E-state index in [0.717, 1.165) is 22.2 Å². The molecule has 25 heavy (non-hydrogen) atoms. The van der Waals surface area contributed by atoms with Crippen molar-refractivity contribution in [1.82, 2.24) is 9.78 Å². The summed E-state index contributed by atoms with van der Waals surface area (Å²) in [6.45, 7) is 1.32. The number of carbonyl (C=O) groups is 1. The number of benzene rings is 2. The number of rotatable bonds is 5. The first-order valence-electron chi connectivity index (χ1n) is 7.85. The molecule has 1 amide bonds. The van der Waals surface area contributed by atoms with Gasteiger partial charge >= 0.3 is 0 Å². The van der Waals surface area contributed by atoms with Crippen LogP contribution in [0, 0.1) is 6.92 Å². The van der Waals surface area contributed by atoms with Crippen LogP contribution < -0.4 is 11.1 Å². The second-order valence-electron chi connectivity index (χ2n) is 6.16. The van der Waals surface area contributed by atoms with Crippen molar-refractivity contribution in [3.63, 3.8) is 0 Å². The Morgan fingerprint density at radius 2 is 2.12 bits per heavy atom. The van der Waals surface area contributed by atoms with Gasteiger partial charge in [0.1, 0.15) is 5.72 Å². The molecule has 2 aromatic carbocycles. The summed E-state index contributed by atoms with van der Waals surface area (Å²) >= 11 is 0. The molecule has 1 heterocycles. The summed E-state index contributed by atoms with van der Waals surface area (Å²) in [6, 6.07) is 13.4. The number of aliphatic hydroxyl groups excluding tert-OH is 1. The summed E-state index contributed by atoms with van der Waals surface area (Å²) in [5, 5.41) is 26.5. The van der Waals surface area contributed by atoms with Gasteiger partial charge in [-0.15, -0.1) is 0 Å². The Morgan fingerprint density at radius 3 is 2.84 bits per heavy atom. The van der Waals surface area contributed by atoms with Gasteiger partial charge in [-0.1, -0.05) is 12.1 Å². The summed E-state index contributed by atoms with van der Waals surface area (Å²) in [6.07, 6.45) is 1.35. The van der Waals surface area contributed by atoms with E-state index in [2.05, 4.69) is 10.4 Å². The maximum Gasteiger partial charge on any atom is 0.228 e. The van der Waals surface area contributed by atoms with Crippen LogP contribution in [-0.4, -0.2) is 38.2 Å². The van der Waals surface area contributed by atoms with Crippen LogP contribution in [0.5, 0.6) is 0 Å². The number of nitrogens with one attached hydrogen (secondary N) is 1. The van der Waals surface area contributed by atoms with E-state index in [1.54, 1.807) is 23.0 Å². The lowest BCUT2D eigenvalue weighted by Gasteiger charge is -2.19. The fraction of sp³-hybridized carbons (Fsp3) is 0.222. The minimum atomic E-state index is -1.93. The van der Waals surface area contributed by atoms with Gasteiger partial charge in [0.25, 0.3) is 0 Å². The summed E-state index contributed by atoms with van der Waals surface area (Å²) in [5.41, 5.74) is 6.90. The third kappa shape index (κ3) is 3.85. The summed E-state index contributed by atoms with van der Waals surface area (Å²) in [4.78, 5) is 12.0. The average Bonchev–Trinajstić information content (AvgIpc) is 2.97. The van der Waals surface area contributed by atoms with Crippen LogP contribution in [0.25, 0.3) is 16.6 Å². The molecule has 1 atom stereocenters. The van der Waals surface area contributed by atoms with E-state index in [4.69, 9.17) is 10.8 Å². The molecule has 0 aliphatic heterocycles. The van der Waals surface area contributed by atoms with Crippen molar-refractivity contribution in [3.05, 3.63) is 54.2 Å². The predicted octanol–water partition coefficient (Wildman–Crippen LogP) is 1.30. The molecule has 0 aliphatic rings. The number of nitrogens with two attached hydrogens (primary N) is 1. The molecular weight excluding hydrogens is 320 g/mol. The van der Waals surface area contributed by atoms with E-state index in [0.29, 0.717) is 5.69 Å². The van der Waals surface area contributed by atoms with E-state index in [1.807, 2.05) is 37.3 Å². The zero-order valence-electron chi connectivity index (χ0n) is 13.8. The Bertz CT molecular complexity index is 918. The highest BCUT2D eigenvalue weighted by atomic mass is 16.3. The first-order chi connectivity index (χ1) is 11.9. The Balaban J connectivity index is 1.89. The smallest absolute Gasteiger partial charge is 0.228 e. The molecule has 0 bridgehead atoms. The third-order valence-electron chi connectivity index (χ3n) is 3.84. The highest BCUT2D eigenvalue weighted by Gasteiger charge is 2.24. The van der Waals surface area contributed by atoms with Crippen molar-refractivity contribution in [2.24, 2.45) is 5.73 Å². The topological polar surface area (TPSA) is 113 Å². The predicted molar refractivity (Wildman–Crippen MR) is 95.3 cm³/mol. The lowest BCUT2D eigenvalue weighted by molar-refractivity contribution is -0.122. The fourth-order valence-electron chi connectivity index (χ4n) is 2.60. The van der Waals surface area contributed by atoms with Crippen molar-refractivity contribution in [1.29, 1.82) is 0 Å². The summed E-state index contributed by atoms with van der Waals surface area (Å²) in [5.74, 6) is -0.486. The second-order valence-corrected chi connectivity index (χ2v) is 6.16. The van der Waals surface area contributed by atoms with Gasteiger partial charge in [-0.3, -0.25) is 4.79 Å². The Labute approximate surface area is 144 Å². The first kappa shape index (κ1) is 17.1. The zero-order chi connectivity index (χ0) is 18.0. The Hall–Kier alpha value is -2.74. The number of aryl methyl sites for hydroxylation is 1. The molecule has 0 fully saturated rings. The number of fused-ring (bicyclic) bond motifs is 1. The van der Waals surface area contributed by atoms with Gasteiger partial charge in [0.05, 0.1) is 30.4 Å². The highest BCUT2D eigenvalue weighted by Crippen LogP contribution is 2.23. The number of nitrogens with zero attached hydrogens (tertiary/aromatic N) is 2. The minimum absolute atomic E-state index is 0.404. The number of carbonyl (C=O) groups excluding carboxylic acids is 1. The van der Waals surface area contributed by atoms with E-state index >= 15 is 0 Å². The molecule has 130 valence electrons. The van der Waals surface area contributed by atoms with Gasteiger partial charge in [0, 0.05) is 11.1 Å². The van der Waals surface area contributed by atoms with Gasteiger partial charge < -0.3 is 21.3 Å². The molecule has 3 rings (SSSR count). The van der Waals surface area contributed by atoms with E-state index in [9.17, 15) is 9.90 Å². The molecule has 5 N–H and O–H groups in total. The molecule has 0 aliphatic carbocycles. The van der Waals surface area contributed by atoms with Crippen LogP contribution in [0.4, 0.5) is 5.69 Å². The lowest BCUT2D eigenvalue weighted by Crippen LogP contribution is -2.46. The zero-order valence-corrected chi connectivity index (χ0v) is 13.8. The van der Waals surface area contributed by atoms with Crippen LogP contribution in [0.1, 0.15) is 12.0 Å².